The molecule has 0 saturated carbocycles. The zero-order chi connectivity index (χ0) is 17.4. The predicted octanol–water partition coefficient (Wildman–Crippen LogP) is 5.42. The maximum Gasteiger partial charge on any atom is 0.0253 e. The Bertz CT molecular complexity index is 647. The minimum absolute atomic E-state index is 0.452. The van der Waals surface area contributed by atoms with Crippen molar-refractivity contribution >= 4 is 0 Å². The average molecular weight is 322 g/mol. The maximum absolute atomic E-state index is 3.79. The van der Waals surface area contributed by atoms with Crippen molar-refractivity contribution in [3.63, 3.8) is 0 Å². The molecule has 128 valence electrons. The number of rotatable bonds is 3. The molecule has 1 nitrogen and oxygen atoms in total. The highest BCUT2D eigenvalue weighted by molar-refractivity contribution is 5.51. The van der Waals surface area contributed by atoms with Crippen LogP contribution in [-0.4, -0.2) is 12.6 Å². The first-order valence-corrected chi connectivity index (χ1v) is 9.27. The van der Waals surface area contributed by atoms with Crippen molar-refractivity contribution in [2.75, 3.05) is 6.54 Å². The van der Waals surface area contributed by atoms with E-state index in [1.807, 2.05) is 0 Å². The van der Waals surface area contributed by atoms with Gasteiger partial charge in [-0.2, -0.15) is 0 Å². The highest BCUT2D eigenvalue weighted by atomic mass is 14.9. The van der Waals surface area contributed by atoms with E-state index < -0.39 is 0 Å². The van der Waals surface area contributed by atoms with Gasteiger partial charge in [-0.05, 0) is 94.3 Å². The molecule has 0 bridgehead atoms. The largest absolute Gasteiger partial charge is 0.313 e. The van der Waals surface area contributed by atoms with Gasteiger partial charge in [-0.1, -0.05) is 35.4 Å². The first kappa shape index (κ1) is 17.2. The van der Waals surface area contributed by atoms with Crippen LogP contribution >= 0.6 is 0 Å². The van der Waals surface area contributed by atoms with Gasteiger partial charge in [0.1, 0.15) is 0 Å². The van der Waals surface area contributed by atoms with E-state index in [4.69, 9.17) is 0 Å². The lowest BCUT2D eigenvalue weighted by atomic mass is 9.76. The normalized spacial score (nSPS) is 17.7. The summed E-state index contributed by atoms with van der Waals surface area (Å²) in [6.45, 7) is 14.7. The molecule has 1 aliphatic rings. The Kier molecular flexibility index (Phi) is 4.83. The van der Waals surface area contributed by atoms with Crippen LogP contribution in [0.1, 0.15) is 63.3 Å². The molecule has 1 N–H and O–H groups in total. The van der Waals surface area contributed by atoms with E-state index in [9.17, 15) is 0 Å². The monoisotopic (exact) mass is 321 g/mol. The minimum atomic E-state index is 0.452. The fourth-order valence-corrected chi connectivity index (χ4v) is 4.91. The molecule has 2 aromatic rings. The van der Waals surface area contributed by atoms with Crippen LogP contribution in [0.5, 0.6) is 0 Å². The van der Waals surface area contributed by atoms with E-state index in [-0.39, 0.29) is 0 Å². The smallest absolute Gasteiger partial charge is 0.0253 e. The van der Waals surface area contributed by atoms with Crippen molar-refractivity contribution in [1.82, 2.24) is 5.32 Å². The number of aryl methyl sites for hydroxylation is 6. The molecule has 1 saturated heterocycles. The van der Waals surface area contributed by atoms with Gasteiger partial charge in [0.15, 0.2) is 0 Å². The summed E-state index contributed by atoms with van der Waals surface area (Å²) in [6.07, 6.45) is 2.55. The molecule has 1 aliphatic heterocycles. The maximum atomic E-state index is 3.79. The van der Waals surface area contributed by atoms with Gasteiger partial charge >= 0.3 is 0 Å². The third-order valence-corrected chi connectivity index (χ3v) is 5.60. The molecule has 0 radical (unpaired) electrons. The van der Waals surface area contributed by atoms with Gasteiger partial charge in [-0.15, -0.1) is 0 Å². The molecule has 0 aromatic heterocycles. The zero-order valence-electron chi connectivity index (χ0n) is 16.1. The van der Waals surface area contributed by atoms with Crippen LogP contribution in [0.25, 0.3) is 0 Å². The molecule has 1 heteroatoms. The predicted molar refractivity (Wildman–Crippen MR) is 104 cm³/mol. The van der Waals surface area contributed by atoms with E-state index in [1.165, 1.54) is 57.3 Å². The Hall–Kier alpha value is -1.60. The molecule has 1 fully saturated rings. The zero-order valence-corrected chi connectivity index (χ0v) is 16.1. The summed E-state index contributed by atoms with van der Waals surface area (Å²) >= 11 is 0. The van der Waals surface area contributed by atoms with Crippen LogP contribution in [0.4, 0.5) is 0 Å². The Morgan fingerprint density at radius 1 is 0.750 bits per heavy atom. The Labute approximate surface area is 147 Å². The minimum Gasteiger partial charge on any atom is -0.313 e. The molecule has 0 unspecified atom stereocenters. The highest BCUT2D eigenvalue weighted by Crippen LogP contribution is 2.39. The Balaban J connectivity index is 2.23. The average Bonchev–Trinajstić information content (AvgIpc) is 2.97. The SMILES string of the molecule is Cc1cc(C)c(C(c2c(C)cc(C)cc2C)[C@@H]2CCCN2)c(C)c1. The van der Waals surface area contributed by atoms with Gasteiger partial charge in [0, 0.05) is 12.0 Å². The van der Waals surface area contributed by atoms with Gasteiger partial charge < -0.3 is 5.32 Å². The van der Waals surface area contributed by atoms with Gasteiger partial charge in [-0.25, -0.2) is 0 Å². The lowest BCUT2D eigenvalue weighted by Gasteiger charge is -2.31. The third kappa shape index (κ3) is 3.15. The lowest BCUT2D eigenvalue weighted by Crippen LogP contribution is -2.31. The molecular formula is C23H31N. The van der Waals surface area contributed by atoms with Gasteiger partial charge in [-0.3, -0.25) is 0 Å². The van der Waals surface area contributed by atoms with Gasteiger partial charge in [0.2, 0.25) is 0 Å². The van der Waals surface area contributed by atoms with Crippen LogP contribution in [0.2, 0.25) is 0 Å². The van der Waals surface area contributed by atoms with Crippen LogP contribution in [0.15, 0.2) is 24.3 Å². The highest BCUT2D eigenvalue weighted by Gasteiger charge is 2.31. The van der Waals surface area contributed by atoms with Crippen molar-refractivity contribution in [2.24, 2.45) is 0 Å². The summed E-state index contributed by atoms with van der Waals surface area (Å²) in [6, 6.07) is 9.95. The van der Waals surface area contributed by atoms with E-state index in [0.29, 0.717) is 12.0 Å². The van der Waals surface area contributed by atoms with Crippen molar-refractivity contribution in [3.8, 4) is 0 Å². The molecule has 0 spiro atoms. The first-order chi connectivity index (χ1) is 11.4. The standard InChI is InChI=1S/C23H31N/c1-14-10-16(3)21(17(4)11-14)23(20-8-7-9-24-20)22-18(5)12-15(2)13-19(22)6/h10-13,20,23-24H,7-9H2,1-6H3/t20-/m0/s1. The van der Waals surface area contributed by atoms with E-state index in [1.54, 1.807) is 0 Å². The summed E-state index contributed by atoms with van der Waals surface area (Å²) in [5.41, 5.74) is 11.5. The third-order valence-electron chi connectivity index (χ3n) is 5.60. The summed E-state index contributed by atoms with van der Waals surface area (Å²) < 4.78 is 0. The van der Waals surface area contributed by atoms with E-state index >= 15 is 0 Å². The summed E-state index contributed by atoms with van der Waals surface area (Å²) in [5.74, 6) is 0.452. The first-order valence-electron chi connectivity index (χ1n) is 9.27. The summed E-state index contributed by atoms with van der Waals surface area (Å²) in [5, 5.41) is 3.79. The van der Waals surface area contributed by atoms with Crippen molar-refractivity contribution in [2.45, 2.75) is 66.3 Å². The molecule has 2 aromatic carbocycles. The summed E-state index contributed by atoms with van der Waals surface area (Å²) in [7, 11) is 0. The molecule has 3 rings (SSSR count). The fraction of sp³-hybridized carbons (Fsp3) is 0.478. The number of nitrogens with one attached hydrogen (secondary N) is 1. The van der Waals surface area contributed by atoms with Gasteiger partial charge in [0.05, 0.1) is 0 Å². The van der Waals surface area contributed by atoms with Gasteiger partial charge in [0.25, 0.3) is 0 Å². The molecule has 1 atom stereocenters. The second-order valence-corrected chi connectivity index (χ2v) is 7.81. The quantitative estimate of drug-likeness (QED) is 0.796. The molecule has 0 amide bonds. The number of benzene rings is 2. The topological polar surface area (TPSA) is 12.0 Å². The van der Waals surface area contributed by atoms with Crippen molar-refractivity contribution in [3.05, 3.63) is 68.8 Å². The van der Waals surface area contributed by atoms with Crippen molar-refractivity contribution in [1.29, 1.82) is 0 Å². The molecule has 1 heterocycles. The van der Waals surface area contributed by atoms with E-state index in [0.717, 1.165) is 6.54 Å². The van der Waals surface area contributed by atoms with E-state index in [2.05, 4.69) is 71.1 Å². The van der Waals surface area contributed by atoms with Crippen molar-refractivity contribution < 1.29 is 0 Å². The second-order valence-electron chi connectivity index (χ2n) is 7.81. The molecular weight excluding hydrogens is 290 g/mol. The number of hydrogen-bond donors (Lipinski definition) is 1. The Morgan fingerprint density at radius 3 is 1.50 bits per heavy atom. The second kappa shape index (κ2) is 6.72. The Morgan fingerprint density at radius 2 is 1.17 bits per heavy atom. The number of hydrogen-bond acceptors (Lipinski definition) is 1. The van der Waals surface area contributed by atoms with Crippen LogP contribution in [0.3, 0.4) is 0 Å². The fourth-order valence-electron chi connectivity index (χ4n) is 4.91. The van der Waals surface area contributed by atoms with Crippen LogP contribution in [-0.2, 0) is 0 Å². The summed E-state index contributed by atoms with van der Waals surface area (Å²) in [4.78, 5) is 0. The molecule has 0 aliphatic carbocycles. The van der Waals surface area contributed by atoms with Crippen LogP contribution in [0, 0.1) is 41.5 Å². The van der Waals surface area contributed by atoms with Crippen LogP contribution < -0.4 is 5.32 Å². The lowest BCUT2D eigenvalue weighted by molar-refractivity contribution is 0.533. The molecule has 24 heavy (non-hydrogen) atoms.